The lowest BCUT2D eigenvalue weighted by atomic mass is 9.93. The third kappa shape index (κ3) is 2.89. The van der Waals surface area contributed by atoms with Crippen molar-refractivity contribution in [2.75, 3.05) is 31.1 Å². The second kappa shape index (κ2) is 5.61. The Bertz CT molecular complexity index is 449. The number of carboxylic acid groups (broad SMARTS) is 1. The topological polar surface area (TPSA) is 70.4 Å². The van der Waals surface area contributed by atoms with Gasteiger partial charge in [-0.15, -0.1) is 0 Å². The van der Waals surface area contributed by atoms with Gasteiger partial charge in [0.2, 0.25) is 0 Å². The lowest BCUT2D eigenvalue weighted by Gasteiger charge is -2.28. The molecule has 2 heterocycles. The smallest absolute Gasteiger partial charge is 0.312 e. The summed E-state index contributed by atoms with van der Waals surface area (Å²) in [6.07, 6.45) is 0. The zero-order valence-electron chi connectivity index (χ0n) is 11.8. The van der Waals surface area contributed by atoms with E-state index in [-0.39, 0.29) is 5.92 Å². The Morgan fingerprint density at radius 3 is 2.58 bits per heavy atom. The van der Waals surface area contributed by atoms with Gasteiger partial charge in [0.05, 0.1) is 5.69 Å². The van der Waals surface area contributed by atoms with Crippen molar-refractivity contribution in [3.05, 3.63) is 11.8 Å². The highest BCUT2D eigenvalue weighted by Gasteiger charge is 2.28. The van der Waals surface area contributed by atoms with Crippen molar-refractivity contribution in [3.63, 3.8) is 0 Å². The predicted molar refractivity (Wildman–Crippen MR) is 73.5 cm³/mol. The number of hydrogen-bond acceptors (Lipinski definition) is 4. The van der Waals surface area contributed by atoms with Crippen molar-refractivity contribution in [2.24, 2.45) is 13.0 Å². The van der Waals surface area contributed by atoms with E-state index in [1.165, 1.54) is 0 Å². The molecule has 1 atom stereocenters. The molecule has 0 radical (unpaired) electrons. The largest absolute Gasteiger partial charge is 0.481 e. The molecule has 19 heavy (non-hydrogen) atoms. The van der Waals surface area contributed by atoms with E-state index in [1.807, 2.05) is 27.0 Å². The van der Waals surface area contributed by atoms with Gasteiger partial charge in [0, 0.05) is 39.3 Å². The van der Waals surface area contributed by atoms with Crippen LogP contribution in [0.15, 0.2) is 6.07 Å². The van der Waals surface area contributed by atoms with Crippen molar-refractivity contribution in [1.82, 2.24) is 15.1 Å². The van der Waals surface area contributed by atoms with Crippen molar-refractivity contribution in [3.8, 4) is 0 Å². The fraction of sp³-hybridized carbons (Fsp3) is 0.692. The van der Waals surface area contributed by atoms with Crippen molar-refractivity contribution >= 4 is 11.8 Å². The summed E-state index contributed by atoms with van der Waals surface area (Å²) in [6.45, 7) is 7.59. The van der Waals surface area contributed by atoms with E-state index >= 15 is 0 Å². The monoisotopic (exact) mass is 266 g/mol. The van der Waals surface area contributed by atoms with Crippen LogP contribution in [0.1, 0.15) is 25.5 Å². The summed E-state index contributed by atoms with van der Waals surface area (Å²) in [6, 6.07) is 1.92. The van der Waals surface area contributed by atoms with Crippen LogP contribution in [0.25, 0.3) is 0 Å². The van der Waals surface area contributed by atoms with Gasteiger partial charge in [0.25, 0.3) is 0 Å². The van der Waals surface area contributed by atoms with Crippen LogP contribution in [0.4, 0.5) is 5.82 Å². The molecular weight excluding hydrogens is 244 g/mol. The molecule has 1 aliphatic heterocycles. The number of aryl methyl sites for hydroxylation is 1. The highest BCUT2D eigenvalue weighted by atomic mass is 16.4. The fourth-order valence-corrected chi connectivity index (χ4v) is 2.57. The number of nitrogens with one attached hydrogen (secondary N) is 1. The lowest BCUT2D eigenvalue weighted by molar-refractivity contribution is -0.140. The number of anilines is 1. The van der Waals surface area contributed by atoms with Gasteiger partial charge >= 0.3 is 5.97 Å². The van der Waals surface area contributed by atoms with Gasteiger partial charge in [0.15, 0.2) is 0 Å². The van der Waals surface area contributed by atoms with Crippen LogP contribution >= 0.6 is 0 Å². The van der Waals surface area contributed by atoms with Gasteiger partial charge in [-0.2, -0.15) is 5.10 Å². The minimum Gasteiger partial charge on any atom is -0.481 e. The summed E-state index contributed by atoms with van der Waals surface area (Å²) in [5.41, 5.74) is 0.651. The van der Waals surface area contributed by atoms with E-state index in [2.05, 4.69) is 15.3 Å². The summed E-state index contributed by atoms with van der Waals surface area (Å²) in [5, 5.41) is 17.0. The normalized spacial score (nSPS) is 17.8. The number of carbonyl (C=O) groups is 1. The van der Waals surface area contributed by atoms with Gasteiger partial charge in [-0.3, -0.25) is 9.48 Å². The molecule has 6 heteroatoms. The molecule has 0 saturated carbocycles. The minimum absolute atomic E-state index is 0.0308. The fourth-order valence-electron chi connectivity index (χ4n) is 2.57. The van der Waals surface area contributed by atoms with E-state index in [4.69, 9.17) is 0 Å². The van der Waals surface area contributed by atoms with Crippen LogP contribution in [-0.2, 0) is 11.8 Å². The molecule has 0 spiro atoms. The molecule has 6 nitrogen and oxygen atoms in total. The average molecular weight is 266 g/mol. The second-order valence-electron chi connectivity index (χ2n) is 5.35. The number of aliphatic carboxylic acids is 1. The molecule has 2 N–H and O–H groups in total. The first-order chi connectivity index (χ1) is 9.00. The van der Waals surface area contributed by atoms with Gasteiger partial charge in [-0.1, -0.05) is 13.8 Å². The van der Waals surface area contributed by atoms with Gasteiger partial charge < -0.3 is 15.3 Å². The number of piperazine rings is 1. The molecule has 1 aliphatic rings. The summed E-state index contributed by atoms with van der Waals surface area (Å²) in [5.74, 6) is -0.311. The highest BCUT2D eigenvalue weighted by Crippen LogP contribution is 2.27. The molecule has 0 aromatic carbocycles. The molecule has 2 rings (SSSR count). The standard InChI is InChI=1S/C13H22N4O2/c1-9(2)12(13(18)19)10-8-11(16(3)15-10)17-6-4-14-5-7-17/h8-9,12,14H,4-7H2,1-3H3,(H,18,19). The quantitative estimate of drug-likeness (QED) is 0.837. The molecule has 0 aliphatic carbocycles. The van der Waals surface area contributed by atoms with Crippen LogP contribution in [0.2, 0.25) is 0 Å². The maximum atomic E-state index is 11.4. The molecule has 0 amide bonds. The van der Waals surface area contributed by atoms with Crippen LogP contribution in [0.5, 0.6) is 0 Å². The molecule has 1 unspecified atom stereocenters. The van der Waals surface area contributed by atoms with Crippen LogP contribution in [0.3, 0.4) is 0 Å². The zero-order valence-corrected chi connectivity index (χ0v) is 11.8. The van der Waals surface area contributed by atoms with E-state index in [9.17, 15) is 9.90 Å². The maximum Gasteiger partial charge on any atom is 0.312 e. The van der Waals surface area contributed by atoms with E-state index < -0.39 is 11.9 Å². The van der Waals surface area contributed by atoms with E-state index in [1.54, 1.807) is 4.68 Å². The highest BCUT2D eigenvalue weighted by molar-refractivity contribution is 5.76. The molecule has 1 fully saturated rings. The number of hydrogen-bond donors (Lipinski definition) is 2. The summed E-state index contributed by atoms with van der Waals surface area (Å²) >= 11 is 0. The Hall–Kier alpha value is -1.56. The summed E-state index contributed by atoms with van der Waals surface area (Å²) in [7, 11) is 1.88. The van der Waals surface area contributed by atoms with E-state index in [0.717, 1.165) is 32.0 Å². The predicted octanol–water partition coefficient (Wildman–Crippen LogP) is 0.654. The third-order valence-corrected chi connectivity index (χ3v) is 3.57. The molecule has 106 valence electrons. The Balaban J connectivity index is 2.26. The van der Waals surface area contributed by atoms with Gasteiger partial charge in [-0.05, 0) is 5.92 Å². The first-order valence-electron chi connectivity index (χ1n) is 6.73. The molecule has 1 aromatic rings. The zero-order chi connectivity index (χ0) is 14.0. The molecule has 1 aromatic heterocycles. The minimum atomic E-state index is -0.806. The first kappa shape index (κ1) is 13.9. The van der Waals surface area contributed by atoms with Crippen molar-refractivity contribution in [1.29, 1.82) is 0 Å². The maximum absolute atomic E-state index is 11.4. The number of rotatable bonds is 4. The Kier molecular flexibility index (Phi) is 4.09. The van der Waals surface area contributed by atoms with Crippen LogP contribution in [0, 0.1) is 5.92 Å². The lowest BCUT2D eigenvalue weighted by Crippen LogP contribution is -2.44. The van der Waals surface area contributed by atoms with Gasteiger partial charge in [0.1, 0.15) is 11.7 Å². The molecule has 1 saturated heterocycles. The van der Waals surface area contributed by atoms with Crippen molar-refractivity contribution in [2.45, 2.75) is 19.8 Å². The Morgan fingerprint density at radius 1 is 1.42 bits per heavy atom. The molecule has 0 bridgehead atoms. The average Bonchev–Trinajstić information content (AvgIpc) is 2.71. The van der Waals surface area contributed by atoms with Crippen LogP contribution in [-0.4, -0.2) is 47.0 Å². The first-order valence-corrected chi connectivity index (χ1v) is 6.73. The van der Waals surface area contributed by atoms with Crippen LogP contribution < -0.4 is 10.2 Å². The summed E-state index contributed by atoms with van der Waals surface area (Å²) < 4.78 is 1.79. The van der Waals surface area contributed by atoms with Crippen molar-refractivity contribution < 1.29 is 9.90 Å². The number of aromatic nitrogens is 2. The van der Waals surface area contributed by atoms with Gasteiger partial charge in [-0.25, -0.2) is 0 Å². The number of nitrogens with zero attached hydrogens (tertiary/aromatic N) is 3. The SMILES string of the molecule is CC(C)C(C(=O)O)c1cc(N2CCNCC2)n(C)n1. The Labute approximate surface area is 113 Å². The molecular formula is C13H22N4O2. The Morgan fingerprint density at radius 2 is 2.05 bits per heavy atom. The summed E-state index contributed by atoms with van der Waals surface area (Å²) in [4.78, 5) is 13.6. The number of carboxylic acids is 1. The third-order valence-electron chi connectivity index (χ3n) is 3.57. The van der Waals surface area contributed by atoms with E-state index in [0.29, 0.717) is 5.69 Å². The second-order valence-corrected chi connectivity index (χ2v) is 5.35.